The summed E-state index contributed by atoms with van der Waals surface area (Å²) < 4.78 is 43.3. The number of alkyl halides is 3. The third-order valence-corrected chi connectivity index (χ3v) is 6.67. The van der Waals surface area contributed by atoms with Crippen molar-refractivity contribution in [2.75, 3.05) is 0 Å². The van der Waals surface area contributed by atoms with Crippen molar-refractivity contribution in [1.82, 2.24) is 9.55 Å². The minimum absolute atomic E-state index is 0.0848. The Morgan fingerprint density at radius 3 is 2.55 bits per heavy atom. The molecule has 3 nitrogen and oxygen atoms in total. The fourth-order valence-electron chi connectivity index (χ4n) is 3.91. The van der Waals surface area contributed by atoms with Gasteiger partial charge in [0.25, 0.3) is 0 Å². The minimum Gasteiger partial charge on any atom is -0.338 e. The Hall–Kier alpha value is -2.82. The van der Waals surface area contributed by atoms with E-state index in [1.165, 1.54) is 17.4 Å². The predicted molar refractivity (Wildman–Crippen MR) is 115 cm³/mol. The lowest BCUT2D eigenvalue weighted by atomic mass is 10.0. The number of rotatable bonds is 4. The topological polar surface area (TPSA) is 41.6 Å². The molecule has 4 aromatic rings. The van der Waals surface area contributed by atoms with Gasteiger partial charge >= 0.3 is 6.18 Å². The van der Waals surface area contributed by atoms with Crippen LogP contribution in [0.15, 0.2) is 47.8 Å². The Bertz CT molecular complexity index is 1330. The lowest BCUT2D eigenvalue weighted by molar-refractivity contribution is -0.136. The zero-order valence-corrected chi connectivity index (χ0v) is 17.7. The molecule has 1 aliphatic carbocycles. The van der Waals surface area contributed by atoms with E-state index in [0.717, 1.165) is 34.8 Å². The molecule has 1 fully saturated rings. The predicted octanol–water partition coefficient (Wildman–Crippen LogP) is 7.23. The Morgan fingerprint density at radius 1 is 1.16 bits per heavy atom. The molecular weight excluding hydrogens is 443 g/mol. The summed E-state index contributed by atoms with van der Waals surface area (Å²) in [5.74, 6) is 0.244. The first-order valence-electron chi connectivity index (χ1n) is 9.69. The summed E-state index contributed by atoms with van der Waals surface area (Å²) in [6.07, 6.45) is -2.69. The molecule has 1 saturated carbocycles. The quantitative estimate of drug-likeness (QED) is 0.324. The average molecular weight is 458 g/mol. The number of thiazole rings is 1. The van der Waals surface area contributed by atoms with Gasteiger partial charge in [0.05, 0.1) is 29.4 Å². The second-order valence-corrected chi connectivity index (χ2v) is 8.91. The standard InChI is InChI=1S/C23H15ClF3N3S/c24-16-6-3-14(4-7-16)22-29-17(12-31-22)11-30-19-8-5-15(10-28)21(23(25,26)27)18(19)9-20(30)13-1-2-13/h3-9,12-13H,1-2,11H2. The number of halogens is 4. The molecule has 0 aliphatic heterocycles. The van der Waals surface area contributed by atoms with E-state index in [-0.39, 0.29) is 16.9 Å². The number of aromatic nitrogens is 2. The van der Waals surface area contributed by atoms with Crippen LogP contribution in [-0.4, -0.2) is 9.55 Å². The molecule has 0 unspecified atom stereocenters. The zero-order chi connectivity index (χ0) is 21.8. The smallest absolute Gasteiger partial charge is 0.338 e. The molecule has 2 aromatic heterocycles. The van der Waals surface area contributed by atoms with Gasteiger partial charge in [-0.05, 0) is 49.1 Å². The number of hydrogen-bond donors (Lipinski definition) is 0. The van der Waals surface area contributed by atoms with Crippen LogP contribution in [0, 0.1) is 11.3 Å². The number of benzene rings is 2. The first-order chi connectivity index (χ1) is 14.8. The Kier molecular flexibility index (Phi) is 4.80. The summed E-state index contributed by atoms with van der Waals surface area (Å²) in [6, 6.07) is 13.6. The van der Waals surface area contributed by atoms with Crippen molar-refractivity contribution >= 4 is 33.8 Å². The van der Waals surface area contributed by atoms with E-state index in [0.29, 0.717) is 17.1 Å². The molecule has 0 bridgehead atoms. The van der Waals surface area contributed by atoms with E-state index < -0.39 is 11.7 Å². The SMILES string of the molecule is N#Cc1ccc2c(cc(C3CC3)n2Cc2csc(-c3ccc(Cl)cc3)n2)c1C(F)(F)F. The molecule has 0 spiro atoms. The Labute approximate surface area is 185 Å². The molecule has 5 rings (SSSR count). The van der Waals surface area contributed by atoms with Gasteiger partial charge in [-0.3, -0.25) is 0 Å². The molecule has 0 N–H and O–H groups in total. The van der Waals surface area contributed by atoms with Gasteiger partial charge in [0.1, 0.15) is 5.01 Å². The number of nitrogens with zero attached hydrogens (tertiary/aromatic N) is 3. The van der Waals surface area contributed by atoms with Crippen LogP contribution < -0.4 is 0 Å². The summed E-state index contributed by atoms with van der Waals surface area (Å²) >= 11 is 7.44. The normalized spacial score (nSPS) is 14.2. The summed E-state index contributed by atoms with van der Waals surface area (Å²) in [5.41, 5.74) is 1.88. The number of hydrogen-bond acceptors (Lipinski definition) is 3. The van der Waals surface area contributed by atoms with Crippen LogP contribution in [0.1, 0.15) is 41.3 Å². The maximum atomic E-state index is 13.8. The van der Waals surface area contributed by atoms with E-state index in [1.807, 2.05) is 22.1 Å². The lowest BCUT2D eigenvalue weighted by Gasteiger charge is -2.12. The summed E-state index contributed by atoms with van der Waals surface area (Å²) in [4.78, 5) is 4.70. The fraction of sp³-hybridized carbons (Fsp3) is 0.217. The van der Waals surface area contributed by atoms with Crippen molar-refractivity contribution in [2.45, 2.75) is 31.5 Å². The highest BCUT2D eigenvalue weighted by molar-refractivity contribution is 7.13. The second kappa shape index (κ2) is 7.40. The molecule has 156 valence electrons. The van der Waals surface area contributed by atoms with Gasteiger partial charge in [-0.15, -0.1) is 11.3 Å². The molecule has 0 amide bonds. The first kappa shape index (κ1) is 20.1. The summed E-state index contributed by atoms with van der Waals surface area (Å²) in [7, 11) is 0. The highest BCUT2D eigenvalue weighted by Gasteiger charge is 2.38. The van der Waals surface area contributed by atoms with Gasteiger partial charge in [-0.25, -0.2) is 4.98 Å². The van der Waals surface area contributed by atoms with E-state index in [4.69, 9.17) is 16.6 Å². The van der Waals surface area contributed by atoms with Crippen molar-refractivity contribution in [2.24, 2.45) is 0 Å². The largest absolute Gasteiger partial charge is 0.418 e. The maximum Gasteiger partial charge on any atom is 0.418 e. The molecule has 0 atom stereocenters. The molecule has 8 heteroatoms. The maximum absolute atomic E-state index is 13.8. The third kappa shape index (κ3) is 3.71. The molecule has 2 heterocycles. The molecule has 31 heavy (non-hydrogen) atoms. The zero-order valence-electron chi connectivity index (χ0n) is 16.1. The van der Waals surface area contributed by atoms with Crippen LogP contribution in [0.4, 0.5) is 13.2 Å². The van der Waals surface area contributed by atoms with E-state index in [2.05, 4.69) is 0 Å². The van der Waals surface area contributed by atoms with Crippen LogP contribution in [0.3, 0.4) is 0 Å². The lowest BCUT2D eigenvalue weighted by Crippen LogP contribution is -2.09. The second-order valence-electron chi connectivity index (χ2n) is 7.61. The van der Waals surface area contributed by atoms with Crippen molar-refractivity contribution in [1.29, 1.82) is 5.26 Å². The van der Waals surface area contributed by atoms with Crippen molar-refractivity contribution in [3.05, 3.63) is 75.4 Å². The van der Waals surface area contributed by atoms with Crippen molar-refractivity contribution in [3.8, 4) is 16.6 Å². The highest BCUT2D eigenvalue weighted by atomic mass is 35.5. The molecule has 1 aliphatic rings. The third-order valence-electron chi connectivity index (χ3n) is 5.48. The van der Waals surface area contributed by atoms with E-state index in [9.17, 15) is 18.4 Å². The van der Waals surface area contributed by atoms with Gasteiger partial charge in [-0.1, -0.05) is 23.7 Å². The van der Waals surface area contributed by atoms with Crippen LogP contribution >= 0.6 is 22.9 Å². The molecule has 2 aromatic carbocycles. The highest BCUT2D eigenvalue weighted by Crippen LogP contribution is 2.45. The van der Waals surface area contributed by atoms with Crippen molar-refractivity contribution < 1.29 is 13.2 Å². The molecule has 0 saturated heterocycles. The van der Waals surface area contributed by atoms with E-state index in [1.54, 1.807) is 30.3 Å². The summed E-state index contributed by atoms with van der Waals surface area (Å²) in [6.45, 7) is 0.378. The van der Waals surface area contributed by atoms with Crippen LogP contribution in [0.2, 0.25) is 5.02 Å². The van der Waals surface area contributed by atoms with Crippen LogP contribution in [0.25, 0.3) is 21.5 Å². The first-order valence-corrected chi connectivity index (χ1v) is 10.9. The fourth-order valence-corrected chi connectivity index (χ4v) is 4.86. The van der Waals surface area contributed by atoms with Gasteiger partial charge in [0.15, 0.2) is 0 Å². The van der Waals surface area contributed by atoms with Gasteiger partial charge < -0.3 is 4.57 Å². The number of nitriles is 1. The molecule has 0 radical (unpaired) electrons. The van der Waals surface area contributed by atoms with Crippen molar-refractivity contribution in [3.63, 3.8) is 0 Å². The van der Waals surface area contributed by atoms with Crippen LogP contribution in [0.5, 0.6) is 0 Å². The average Bonchev–Trinajstić information content (AvgIpc) is 3.37. The minimum atomic E-state index is -4.60. The van der Waals surface area contributed by atoms with Gasteiger partial charge in [-0.2, -0.15) is 18.4 Å². The van der Waals surface area contributed by atoms with Gasteiger partial charge in [0.2, 0.25) is 0 Å². The Balaban J connectivity index is 1.60. The molecular formula is C23H15ClF3N3S. The van der Waals surface area contributed by atoms with Crippen LogP contribution in [-0.2, 0) is 12.7 Å². The Morgan fingerprint density at radius 2 is 1.90 bits per heavy atom. The summed E-state index contributed by atoms with van der Waals surface area (Å²) in [5, 5.41) is 12.7. The monoisotopic (exact) mass is 457 g/mol. The van der Waals surface area contributed by atoms with E-state index >= 15 is 0 Å². The van der Waals surface area contributed by atoms with Gasteiger partial charge in [0, 0.05) is 32.6 Å². The number of fused-ring (bicyclic) bond motifs is 1.